The fourth-order valence-corrected chi connectivity index (χ4v) is 2.85. The summed E-state index contributed by atoms with van der Waals surface area (Å²) in [6, 6.07) is 23.6. The Labute approximate surface area is 164 Å². The molecule has 142 valence electrons. The molecule has 0 atom stereocenters. The van der Waals surface area contributed by atoms with Gasteiger partial charge in [-0.2, -0.15) is 0 Å². The van der Waals surface area contributed by atoms with Crippen molar-refractivity contribution in [1.29, 1.82) is 0 Å². The first-order valence-electron chi connectivity index (χ1n) is 9.04. The Bertz CT molecular complexity index is 955. The Morgan fingerprint density at radius 2 is 1.50 bits per heavy atom. The van der Waals surface area contributed by atoms with Gasteiger partial charge in [-0.25, -0.2) is 0 Å². The first-order chi connectivity index (χ1) is 13.7. The zero-order valence-corrected chi connectivity index (χ0v) is 15.6. The van der Waals surface area contributed by atoms with Crippen LogP contribution in [0.5, 0.6) is 5.75 Å². The average Bonchev–Trinajstić information content (AvgIpc) is 2.75. The van der Waals surface area contributed by atoms with Gasteiger partial charge < -0.3 is 15.4 Å². The fourth-order valence-electron chi connectivity index (χ4n) is 2.85. The minimum atomic E-state index is -0.255. The minimum Gasteiger partial charge on any atom is -0.496 e. The summed E-state index contributed by atoms with van der Waals surface area (Å²) in [7, 11) is 1.63. The smallest absolute Gasteiger partial charge is 0.255 e. The lowest BCUT2D eigenvalue weighted by Crippen LogP contribution is -2.26. The summed E-state index contributed by atoms with van der Waals surface area (Å²) >= 11 is 0. The summed E-state index contributed by atoms with van der Waals surface area (Å²) in [5.41, 5.74) is 2.61. The summed E-state index contributed by atoms with van der Waals surface area (Å²) in [6.07, 6.45) is 0.657. The van der Waals surface area contributed by atoms with E-state index < -0.39 is 0 Å². The summed E-state index contributed by atoms with van der Waals surface area (Å²) in [5.74, 6) is 0.329. The molecule has 0 unspecified atom stereocenters. The van der Waals surface area contributed by atoms with E-state index in [1.807, 2.05) is 54.6 Å². The third-order valence-corrected chi connectivity index (χ3v) is 4.29. The quantitative estimate of drug-likeness (QED) is 0.659. The number of rotatable bonds is 7. The molecule has 0 radical (unpaired) electrons. The van der Waals surface area contributed by atoms with Gasteiger partial charge in [0.1, 0.15) is 5.75 Å². The molecule has 3 rings (SSSR count). The summed E-state index contributed by atoms with van der Waals surface area (Å²) < 4.78 is 5.32. The van der Waals surface area contributed by atoms with Gasteiger partial charge in [-0.3, -0.25) is 9.59 Å². The monoisotopic (exact) mass is 374 g/mol. The number of hydrogen-bond donors (Lipinski definition) is 2. The van der Waals surface area contributed by atoms with Gasteiger partial charge in [0.15, 0.2) is 0 Å². The van der Waals surface area contributed by atoms with Gasteiger partial charge in [-0.1, -0.05) is 42.5 Å². The molecule has 0 fully saturated rings. The zero-order valence-electron chi connectivity index (χ0n) is 15.6. The Kier molecular flexibility index (Phi) is 6.41. The second kappa shape index (κ2) is 9.37. The first-order valence-corrected chi connectivity index (χ1v) is 9.04. The van der Waals surface area contributed by atoms with E-state index in [1.54, 1.807) is 31.4 Å². The minimum absolute atomic E-state index is 0.218. The number of para-hydroxylation sites is 2. The van der Waals surface area contributed by atoms with Crippen LogP contribution in [0.1, 0.15) is 26.3 Å². The highest BCUT2D eigenvalue weighted by atomic mass is 16.5. The van der Waals surface area contributed by atoms with E-state index in [4.69, 9.17) is 4.74 Å². The number of hydrogen-bond acceptors (Lipinski definition) is 3. The van der Waals surface area contributed by atoms with Gasteiger partial charge >= 0.3 is 0 Å². The lowest BCUT2D eigenvalue weighted by molar-refractivity contribution is 0.0954. The third-order valence-electron chi connectivity index (χ3n) is 4.29. The Hall–Kier alpha value is -3.60. The van der Waals surface area contributed by atoms with Crippen LogP contribution in [0.4, 0.5) is 5.69 Å². The largest absolute Gasteiger partial charge is 0.496 e. The van der Waals surface area contributed by atoms with Crippen molar-refractivity contribution in [2.75, 3.05) is 19.0 Å². The van der Waals surface area contributed by atoms with Gasteiger partial charge in [0.05, 0.1) is 7.11 Å². The molecule has 0 saturated carbocycles. The Morgan fingerprint density at radius 3 is 2.25 bits per heavy atom. The highest BCUT2D eigenvalue weighted by Gasteiger charge is 2.11. The second-order valence-corrected chi connectivity index (χ2v) is 6.22. The van der Waals surface area contributed by atoms with Crippen molar-refractivity contribution in [2.45, 2.75) is 6.42 Å². The van der Waals surface area contributed by atoms with Crippen LogP contribution in [0, 0.1) is 0 Å². The first kappa shape index (κ1) is 19.2. The van der Waals surface area contributed by atoms with Crippen LogP contribution in [0.25, 0.3) is 0 Å². The second-order valence-electron chi connectivity index (χ2n) is 6.22. The fraction of sp³-hybridized carbons (Fsp3) is 0.130. The highest BCUT2D eigenvalue weighted by Crippen LogP contribution is 2.17. The van der Waals surface area contributed by atoms with Gasteiger partial charge in [0.25, 0.3) is 11.8 Å². The van der Waals surface area contributed by atoms with Crippen LogP contribution in [0.2, 0.25) is 0 Å². The lowest BCUT2D eigenvalue weighted by atomic mass is 10.1. The standard InChI is InChI=1S/C23H22N2O3/c1-28-21-13-6-5-8-17(21)14-15-24-22(26)18-9-7-10-19(16-18)23(27)25-20-11-3-2-4-12-20/h2-13,16H,14-15H2,1H3,(H,24,26)(H,25,27). The number of carbonyl (C=O) groups excluding carboxylic acids is 2. The highest BCUT2D eigenvalue weighted by molar-refractivity contribution is 6.06. The number of amides is 2. The van der Waals surface area contributed by atoms with Crippen molar-refractivity contribution in [3.63, 3.8) is 0 Å². The maximum Gasteiger partial charge on any atom is 0.255 e. The number of nitrogens with one attached hydrogen (secondary N) is 2. The number of ether oxygens (including phenoxy) is 1. The van der Waals surface area contributed by atoms with Crippen molar-refractivity contribution >= 4 is 17.5 Å². The van der Waals surface area contributed by atoms with E-state index in [9.17, 15) is 9.59 Å². The van der Waals surface area contributed by atoms with Crippen molar-refractivity contribution in [3.8, 4) is 5.75 Å². The molecule has 3 aromatic rings. The van der Waals surface area contributed by atoms with Gasteiger partial charge in [0, 0.05) is 23.4 Å². The SMILES string of the molecule is COc1ccccc1CCNC(=O)c1cccc(C(=O)Nc2ccccc2)c1. The molecule has 0 saturated heterocycles. The van der Waals surface area contributed by atoms with Crippen molar-refractivity contribution in [1.82, 2.24) is 5.32 Å². The van der Waals surface area contributed by atoms with E-state index in [2.05, 4.69) is 10.6 Å². The van der Waals surface area contributed by atoms with E-state index in [0.717, 1.165) is 11.3 Å². The molecule has 0 spiro atoms. The molecule has 28 heavy (non-hydrogen) atoms. The molecule has 0 aromatic heterocycles. The van der Waals surface area contributed by atoms with E-state index in [1.165, 1.54) is 0 Å². The zero-order chi connectivity index (χ0) is 19.8. The van der Waals surface area contributed by atoms with Crippen LogP contribution in [0.3, 0.4) is 0 Å². The lowest BCUT2D eigenvalue weighted by Gasteiger charge is -2.10. The summed E-state index contributed by atoms with van der Waals surface area (Å²) in [5, 5.41) is 5.71. The maximum atomic E-state index is 12.4. The summed E-state index contributed by atoms with van der Waals surface area (Å²) in [4.78, 5) is 24.9. The molecule has 0 aliphatic rings. The van der Waals surface area contributed by atoms with E-state index in [-0.39, 0.29) is 11.8 Å². The third kappa shape index (κ3) is 4.98. The van der Waals surface area contributed by atoms with Crippen LogP contribution >= 0.6 is 0 Å². The number of anilines is 1. The molecule has 0 heterocycles. The molecule has 5 heteroatoms. The molecule has 3 aromatic carbocycles. The number of benzene rings is 3. The molecule has 0 aliphatic carbocycles. The molecule has 2 amide bonds. The maximum absolute atomic E-state index is 12.4. The van der Waals surface area contributed by atoms with Crippen LogP contribution in [-0.4, -0.2) is 25.5 Å². The van der Waals surface area contributed by atoms with Crippen LogP contribution < -0.4 is 15.4 Å². The molecule has 5 nitrogen and oxygen atoms in total. The number of methoxy groups -OCH3 is 1. The molecule has 0 bridgehead atoms. The normalized spacial score (nSPS) is 10.2. The van der Waals surface area contributed by atoms with E-state index >= 15 is 0 Å². The summed E-state index contributed by atoms with van der Waals surface area (Å²) in [6.45, 7) is 0.472. The van der Waals surface area contributed by atoms with Gasteiger partial charge in [-0.15, -0.1) is 0 Å². The molecular weight excluding hydrogens is 352 g/mol. The molecule has 0 aliphatic heterocycles. The predicted molar refractivity (Wildman–Crippen MR) is 110 cm³/mol. The van der Waals surface area contributed by atoms with Crippen molar-refractivity contribution in [3.05, 3.63) is 95.6 Å². The topological polar surface area (TPSA) is 67.4 Å². The van der Waals surface area contributed by atoms with Crippen LogP contribution in [0.15, 0.2) is 78.9 Å². The number of carbonyl (C=O) groups is 2. The van der Waals surface area contributed by atoms with E-state index in [0.29, 0.717) is 29.8 Å². The van der Waals surface area contributed by atoms with Crippen molar-refractivity contribution < 1.29 is 14.3 Å². The molecule has 2 N–H and O–H groups in total. The Morgan fingerprint density at radius 1 is 0.821 bits per heavy atom. The van der Waals surface area contributed by atoms with Gasteiger partial charge in [0.2, 0.25) is 0 Å². The average molecular weight is 374 g/mol. The Balaban J connectivity index is 1.60. The van der Waals surface area contributed by atoms with Crippen LogP contribution in [-0.2, 0) is 6.42 Å². The molecular formula is C23H22N2O3. The van der Waals surface area contributed by atoms with Gasteiger partial charge in [-0.05, 0) is 48.4 Å². The van der Waals surface area contributed by atoms with Crippen molar-refractivity contribution in [2.24, 2.45) is 0 Å². The predicted octanol–water partition coefficient (Wildman–Crippen LogP) is 3.92.